The molecular formula is C15H14Cl2N4O2. The van der Waals surface area contributed by atoms with Crippen LogP contribution in [-0.2, 0) is 9.59 Å². The lowest BCUT2D eigenvalue weighted by Crippen LogP contribution is -2.15. The number of nitrogens with zero attached hydrogens (tertiary/aromatic N) is 2. The van der Waals surface area contributed by atoms with Crippen molar-refractivity contribution in [2.75, 3.05) is 10.6 Å². The number of nitrogens with one attached hydrogen (secondary N) is 2. The Balaban J connectivity index is 1.74. The molecule has 0 aliphatic heterocycles. The van der Waals surface area contributed by atoms with Crippen molar-refractivity contribution in [3.05, 3.63) is 47.0 Å². The number of halogens is 2. The Morgan fingerprint density at radius 1 is 0.870 bits per heavy atom. The summed E-state index contributed by atoms with van der Waals surface area (Å²) in [5, 5.41) is 5.75. The van der Waals surface area contributed by atoms with Gasteiger partial charge in [-0.3, -0.25) is 9.59 Å². The number of anilines is 2. The zero-order valence-corrected chi connectivity index (χ0v) is 13.6. The van der Waals surface area contributed by atoms with E-state index in [0.29, 0.717) is 17.8 Å². The predicted molar refractivity (Wildman–Crippen MR) is 89.6 cm³/mol. The average molecular weight is 353 g/mol. The third-order valence-electron chi connectivity index (χ3n) is 2.87. The maximum Gasteiger partial charge on any atom is 0.224 e. The molecule has 0 unspecified atom stereocenters. The van der Waals surface area contributed by atoms with Crippen molar-refractivity contribution in [3.8, 4) is 0 Å². The van der Waals surface area contributed by atoms with Gasteiger partial charge in [0.2, 0.25) is 11.8 Å². The van der Waals surface area contributed by atoms with Crippen LogP contribution in [0.3, 0.4) is 0 Å². The van der Waals surface area contributed by atoms with Gasteiger partial charge in [-0.25, -0.2) is 9.97 Å². The van der Waals surface area contributed by atoms with Gasteiger partial charge in [0.15, 0.2) is 10.3 Å². The van der Waals surface area contributed by atoms with Crippen molar-refractivity contribution in [1.29, 1.82) is 0 Å². The van der Waals surface area contributed by atoms with Gasteiger partial charge in [-0.2, -0.15) is 0 Å². The molecule has 2 rings (SSSR count). The summed E-state index contributed by atoms with van der Waals surface area (Å²) in [6.45, 7) is 0. The number of hydrogen-bond acceptors (Lipinski definition) is 4. The van der Waals surface area contributed by atoms with Crippen molar-refractivity contribution in [2.45, 2.75) is 19.3 Å². The Bertz CT molecular complexity index is 650. The van der Waals surface area contributed by atoms with E-state index >= 15 is 0 Å². The molecule has 0 radical (unpaired) electrons. The zero-order chi connectivity index (χ0) is 16.7. The SMILES string of the molecule is O=C(CCCC(=O)Nc1cccnc1Cl)Nc1cccnc1Cl. The molecule has 2 amide bonds. The van der Waals surface area contributed by atoms with Crippen molar-refractivity contribution in [3.63, 3.8) is 0 Å². The number of carbonyl (C=O) groups excluding carboxylic acids is 2. The van der Waals surface area contributed by atoms with E-state index in [1.54, 1.807) is 24.3 Å². The van der Waals surface area contributed by atoms with Gasteiger partial charge in [-0.05, 0) is 30.7 Å². The van der Waals surface area contributed by atoms with Crippen LogP contribution >= 0.6 is 23.2 Å². The molecule has 0 atom stereocenters. The van der Waals surface area contributed by atoms with Gasteiger partial charge in [-0.1, -0.05) is 23.2 Å². The van der Waals surface area contributed by atoms with Crippen molar-refractivity contribution >= 4 is 46.4 Å². The molecule has 23 heavy (non-hydrogen) atoms. The Kier molecular flexibility index (Phi) is 6.31. The molecule has 0 aliphatic carbocycles. The second-order valence-corrected chi connectivity index (χ2v) is 5.35. The van der Waals surface area contributed by atoms with Crippen LogP contribution in [0.5, 0.6) is 0 Å². The normalized spacial score (nSPS) is 10.2. The molecule has 120 valence electrons. The fraction of sp³-hybridized carbons (Fsp3) is 0.200. The Labute approximate surface area is 143 Å². The first-order chi connectivity index (χ1) is 11.1. The van der Waals surface area contributed by atoms with Crippen LogP contribution in [0.4, 0.5) is 11.4 Å². The van der Waals surface area contributed by atoms with E-state index in [2.05, 4.69) is 20.6 Å². The smallest absolute Gasteiger partial charge is 0.224 e. The summed E-state index contributed by atoms with van der Waals surface area (Å²) in [6.07, 6.45) is 3.85. The van der Waals surface area contributed by atoms with Gasteiger partial charge in [0, 0.05) is 25.2 Å². The molecule has 0 fully saturated rings. The van der Waals surface area contributed by atoms with Crippen LogP contribution in [0, 0.1) is 0 Å². The van der Waals surface area contributed by atoms with E-state index < -0.39 is 0 Å². The summed E-state index contributed by atoms with van der Waals surface area (Å²) >= 11 is 11.7. The second kappa shape index (κ2) is 8.45. The summed E-state index contributed by atoms with van der Waals surface area (Å²) in [4.78, 5) is 31.3. The molecule has 0 saturated carbocycles. The molecule has 0 saturated heterocycles. The lowest BCUT2D eigenvalue weighted by molar-refractivity contribution is -0.117. The quantitative estimate of drug-likeness (QED) is 0.778. The molecule has 2 aromatic heterocycles. The van der Waals surface area contributed by atoms with Gasteiger partial charge in [-0.15, -0.1) is 0 Å². The third kappa shape index (κ3) is 5.50. The Morgan fingerprint density at radius 2 is 1.30 bits per heavy atom. The van der Waals surface area contributed by atoms with Gasteiger partial charge in [0.05, 0.1) is 11.4 Å². The minimum Gasteiger partial charge on any atom is -0.323 e. The lowest BCUT2D eigenvalue weighted by atomic mass is 10.2. The average Bonchev–Trinajstić information content (AvgIpc) is 2.52. The topological polar surface area (TPSA) is 84.0 Å². The van der Waals surface area contributed by atoms with Gasteiger partial charge < -0.3 is 10.6 Å². The number of amides is 2. The van der Waals surface area contributed by atoms with Crippen LogP contribution in [0.15, 0.2) is 36.7 Å². The first-order valence-electron chi connectivity index (χ1n) is 6.87. The summed E-state index contributed by atoms with van der Waals surface area (Å²) < 4.78 is 0. The summed E-state index contributed by atoms with van der Waals surface area (Å²) in [5.74, 6) is -0.459. The highest BCUT2D eigenvalue weighted by Gasteiger charge is 2.09. The molecule has 0 spiro atoms. The molecule has 2 heterocycles. The van der Waals surface area contributed by atoms with Crippen molar-refractivity contribution in [2.24, 2.45) is 0 Å². The van der Waals surface area contributed by atoms with E-state index in [1.807, 2.05) is 0 Å². The van der Waals surface area contributed by atoms with Crippen LogP contribution in [0.1, 0.15) is 19.3 Å². The maximum atomic E-state index is 11.8. The van der Waals surface area contributed by atoms with E-state index in [9.17, 15) is 9.59 Å². The maximum absolute atomic E-state index is 11.8. The molecule has 6 nitrogen and oxygen atoms in total. The van der Waals surface area contributed by atoms with Crippen LogP contribution in [-0.4, -0.2) is 21.8 Å². The van der Waals surface area contributed by atoms with E-state index in [4.69, 9.17) is 23.2 Å². The van der Waals surface area contributed by atoms with Crippen LogP contribution in [0.25, 0.3) is 0 Å². The Morgan fingerprint density at radius 3 is 1.70 bits per heavy atom. The number of aromatic nitrogens is 2. The molecule has 0 bridgehead atoms. The molecule has 0 aromatic carbocycles. The van der Waals surface area contributed by atoms with Crippen LogP contribution < -0.4 is 10.6 Å². The van der Waals surface area contributed by atoms with E-state index in [-0.39, 0.29) is 35.0 Å². The molecule has 8 heteroatoms. The standard InChI is InChI=1S/C15H14Cl2N4O2/c16-14-10(4-2-8-18-14)20-12(22)6-1-7-13(23)21-11-5-3-9-19-15(11)17/h2-5,8-9H,1,6-7H2,(H,20,22)(H,21,23). The first-order valence-corrected chi connectivity index (χ1v) is 7.62. The minimum absolute atomic E-state index is 0.194. The van der Waals surface area contributed by atoms with Gasteiger partial charge in [0.25, 0.3) is 0 Å². The summed E-state index contributed by atoms with van der Waals surface area (Å²) in [5.41, 5.74) is 0.900. The lowest BCUT2D eigenvalue weighted by Gasteiger charge is -2.07. The third-order valence-corrected chi connectivity index (χ3v) is 3.48. The first kappa shape index (κ1) is 17.2. The number of pyridine rings is 2. The monoisotopic (exact) mass is 352 g/mol. The Hall–Kier alpha value is -2.18. The second-order valence-electron chi connectivity index (χ2n) is 4.63. The minimum atomic E-state index is -0.230. The predicted octanol–water partition coefficient (Wildman–Crippen LogP) is 3.53. The number of rotatable bonds is 6. The fourth-order valence-corrected chi connectivity index (χ4v) is 2.13. The van der Waals surface area contributed by atoms with Gasteiger partial charge >= 0.3 is 0 Å². The molecule has 2 N–H and O–H groups in total. The highest BCUT2D eigenvalue weighted by molar-refractivity contribution is 6.32. The van der Waals surface area contributed by atoms with E-state index in [1.165, 1.54) is 12.4 Å². The van der Waals surface area contributed by atoms with Crippen LogP contribution in [0.2, 0.25) is 10.3 Å². The highest BCUT2D eigenvalue weighted by Crippen LogP contribution is 2.19. The van der Waals surface area contributed by atoms with Gasteiger partial charge in [0.1, 0.15) is 0 Å². The highest BCUT2D eigenvalue weighted by atomic mass is 35.5. The molecule has 2 aromatic rings. The zero-order valence-electron chi connectivity index (χ0n) is 12.1. The number of carbonyl (C=O) groups is 2. The number of hydrogen-bond donors (Lipinski definition) is 2. The van der Waals surface area contributed by atoms with E-state index in [0.717, 1.165) is 0 Å². The summed E-state index contributed by atoms with van der Waals surface area (Å²) in [7, 11) is 0. The fourth-order valence-electron chi connectivity index (χ4n) is 1.79. The molecular weight excluding hydrogens is 339 g/mol. The summed E-state index contributed by atoms with van der Waals surface area (Å²) in [6, 6.07) is 6.66. The van der Waals surface area contributed by atoms with Crippen molar-refractivity contribution < 1.29 is 9.59 Å². The largest absolute Gasteiger partial charge is 0.323 e. The molecule has 0 aliphatic rings. The van der Waals surface area contributed by atoms with Crippen molar-refractivity contribution in [1.82, 2.24) is 9.97 Å².